The largest absolute Gasteiger partial charge is 0.451 e. The molecule has 0 fully saturated rings. The molecule has 0 unspecified atom stereocenters. The molecule has 18 heavy (non-hydrogen) atoms. The van der Waals surface area contributed by atoms with Crippen molar-refractivity contribution in [2.24, 2.45) is 0 Å². The van der Waals surface area contributed by atoms with Crippen molar-refractivity contribution >= 4 is 11.6 Å². The summed E-state index contributed by atoms with van der Waals surface area (Å²) in [6.07, 6.45) is -4.57. The first kappa shape index (κ1) is 14.5. The van der Waals surface area contributed by atoms with Crippen LogP contribution in [0.1, 0.15) is 12.7 Å². The molecule has 0 aliphatic heterocycles. The van der Waals surface area contributed by atoms with Crippen LogP contribution < -0.4 is 10.6 Å². The van der Waals surface area contributed by atoms with Crippen LogP contribution >= 0.6 is 0 Å². The predicted molar refractivity (Wildman–Crippen MR) is 61.6 cm³/mol. The summed E-state index contributed by atoms with van der Waals surface area (Å²) in [6, 6.07) is 1.42. The molecule has 0 amide bonds. The van der Waals surface area contributed by atoms with E-state index in [0.717, 1.165) is 0 Å². The van der Waals surface area contributed by atoms with E-state index in [1.807, 2.05) is 0 Å². The van der Waals surface area contributed by atoms with Crippen LogP contribution in [0.4, 0.5) is 24.8 Å². The standard InChI is InChI=1S/C10H15F3N4O/c1-3-14-7-6-8(15-4-5-18-2)17-9(16-7)10(11,12)13/h6H,3-5H2,1-2H3,(H2,14,15,16,17). The van der Waals surface area contributed by atoms with E-state index in [9.17, 15) is 13.2 Å². The van der Waals surface area contributed by atoms with Gasteiger partial charge >= 0.3 is 6.18 Å². The lowest BCUT2D eigenvalue weighted by molar-refractivity contribution is -0.144. The molecule has 1 aromatic rings. The van der Waals surface area contributed by atoms with Gasteiger partial charge in [0.25, 0.3) is 0 Å². The molecule has 102 valence electrons. The molecule has 0 atom stereocenters. The molecule has 1 rings (SSSR count). The van der Waals surface area contributed by atoms with Gasteiger partial charge in [0.2, 0.25) is 5.82 Å². The molecule has 1 aromatic heterocycles. The van der Waals surface area contributed by atoms with E-state index in [1.54, 1.807) is 6.92 Å². The number of ether oxygens (including phenoxy) is 1. The number of nitrogens with one attached hydrogen (secondary N) is 2. The molecular formula is C10H15F3N4O. The van der Waals surface area contributed by atoms with Gasteiger partial charge in [0.05, 0.1) is 6.61 Å². The number of halogens is 3. The van der Waals surface area contributed by atoms with E-state index in [4.69, 9.17) is 4.74 Å². The first-order valence-electron chi connectivity index (χ1n) is 5.40. The Hall–Kier alpha value is -1.57. The minimum absolute atomic E-state index is 0.116. The Morgan fingerprint density at radius 3 is 2.33 bits per heavy atom. The molecule has 0 spiro atoms. The van der Waals surface area contributed by atoms with Crippen LogP contribution in [0.15, 0.2) is 6.07 Å². The summed E-state index contributed by atoms with van der Waals surface area (Å²) in [5.74, 6) is -0.911. The topological polar surface area (TPSA) is 59.1 Å². The Morgan fingerprint density at radius 1 is 1.22 bits per heavy atom. The summed E-state index contributed by atoms with van der Waals surface area (Å²) in [4.78, 5) is 6.82. The minimum Gasteiger partial charge on any atom is -0.383 e. The third kappa shape index (κ3) is 4.36. The van der Waals surface area contributed by atoms with E-state index >= 15 is 0 Å². The molecule has 0 bridgehead atoms. The summed E-state index contributed by atoms with van der Waals surface area (Å²) in [5, 5.41) is 5.47. The number of hydrogen-bond donors (Lipinski definition) is 2. The smallest absolute Gasteiger partial charge is 0.383 e. The summed E-state index contributed by atoms with van der Waals surface area (Å²) in [5.41, 5.74) is 0. The van der Waals surface area contributed by atoms with Crippen molar-refractivity contribution in [2.45, 2.75) is 13.1 Å². The maximum absolute atomic E-state index is 12.6. The lowest BCUT2D eigenvalue weighted by Crippen LogP contribution is -2.16. The van der Waals surface area contributed by atoms with Gasteiger partial charge < -0.3 is 15.4 Å². The van der Waals surface area contributed by atoms with Crippen molar-refractivity contribution in [3.63, 3.8) is 0 Å². The van der Waals surface area contributed by atoms with Gasteiger partial charge in [0.15, 0.2) is 0 Å². The second-order valence-electron chi connectivity index (χ2n) is 3.41. The lowest BCUT2D eigenvalue weighted by atomic mass is 10.4. The Morgan fingerprint density at radius 2 is 1.83 bits per heavy atom. The maximum atomic E-state index is 12.6. The van der Waals surface area contributed by atoms with Gasteiger partial charge in [-0.25, -0.2) is 9.97 Å². The highest BCUT2D eigenvalue weighted by Crippen LogP contribution is 2.28. The average Bonchev–Trinajstić information content (AvgIpc) is 2.28. The Bertz CT molecular complexity index is 384. The Kier molecular flexibility index (Phi) is 5.14. The van der Waals surface area contributed by atoms with Gasteiger partial charge in [0.1, 0.15) is 11.6 Å². The zero-order valence-electron chi connectivity index (χ0n) is 10.1. The number of methoxy groups -OCH3 is 1. The van der Waals surface area contributed by atoms with Crippen LogP contribution in [0, 0.1) is 0 Å². The zero-order chi connectivity index (χ0) is 13.6. The SMILES string of the molecule is CCNc1cc(NCCOC)nc(C(F)(F)F)n1. The van der Waals surface area contributed by atoms with Crippen LogP contribution in [-0.2, 0) is 10.9 Å². The van der Waals surface area contributed by atoms with Gasteiger partial charge in [-0.1, -0.05) is 0 Å². The third-order valence-corrected chi connectivity index (χ3v) is 1.95. The maximum Gasteiger partial charge on any atom is 0.451 e. The summed E-state index contributed by atoms with van der Waals surface area (Å²) >= 11 is 0. The fourth-order valence-corrected chi connectivity index (χ4v) is 1.22. The quantitative estimate of drug-likeness (QED) is 0.769. The third-order valence-electron chi connectivity index (χ3n) is 1.95. The zero-order valence-corrected chi connectivity index (χ0v) is 10.1. The van der Waals surface area contributed by atoms with E-state index < -0.39 is 12.0 Å². The molecule has 0 radical (unpaired) electrons. The fourth-order valence-electron chi connectivity index (χ4n) is 1.22. The second kappa shape index (κ2) is 6.39. The number of anilines is 2. The molecule has 0 saturated heterocycles. The second-order valence-corrected chi connectivity index (χ2v) is 3.41. The molecular weight excluding hydrogens is 249 g/mol. The van der Waals surface area contributed by atoms with Crippen LogP contribution in [-0.4, -0.2) is 36.8 Å². The van der Waals surface area contributed by atoms with Gasteiger partial charge in [-0.3, -0.25) is 0 Å². The highest BCUT2D eigenvalue weighted by molar-refractivity contribution is 5.47. The minimum atomic E-state index is -4.57. The summed E-state index contributed by atoms with van der Waals surface area (Å²) < 4.78 is 42.5. The highest BCUT2D eigenvalue weighted by atomic mass is 19.4. The van der Waals surface area contributed by atoms with Gasteiger partial charge in [-0.2, -0.15) is 13.2 Å². The number of rotatable bonds is 6. The molecule has 1 heterocycles. The van der Waals surface area contributed by atoms with Gasteiger partial charge in [0, 0.05) is 26.3 Å². The van der Waals surface area contributed by atoms with Crippen molar-refractivity contribution in [1.29, 1.82) is 0 Å². The van der Waals surface area contributed by atoms with Gasteiger partial charge in [-0.15, -0.1) is 0 Å². The van der Waals surface area contributed by atoms with E-state index in [2.05, 4.69) is 20.6 Å². The average molecular weight is 264 g/mol. The van der Waals surface area contributed by atoms with Gasteiger partial charge in [-0.05, 0) is 6.92 Å². The van der Waals surface area contributed by atoms with Crippen molar-refractivity contribution < 1.29 is 17.9 Å². The van der Waals surface area contributed by atoms with E-state index in [0.29, 0.717) is 19.7 Å². The normalized spacial score (nSPS) is 11.4. The van der Waals surface area contributed by atoms with Crippen LogP contribution in [0.5, 0.6) is 0 Å². The molecule has 0 aliphatic rings. The van der Waals surface area contributed by atoms with E-state index in [1.165, 1.54) is 13.2 Å². The van der Waals surface area contributed by atoms with E-state index in [-0.39, 0.29) is 11.6 Å². The van der Waals surface area contributed by atoms with Crippen LogP contribution in [0.2, 0.25) is 0 Å². The summed E-state index contributed by atoms with van der Waals surface area (Å²) in [7, 11) is 1.51. The Balaban J connectivity index is 2.91. The molecule has 0 aromatic carbocycles. The molecule has 0 aliphatic carbocycles. The Labute approximate surface area is 103 Å². The van der Waals surface area contributed by atoms with Crippen LogP contribution in [0.3, 0.4) is 0 Å². The van der Waals surface area contributed by atoms with Crippen molar-refractivity contribution in [1.82, 2.24) is 9.97 Å². The van der Waals surface area contributed by atoms with Crippen LogP contribution in [0.25, 0.3) is 0 Å². The highest BCUT2D eigenvalue weighted by Gasteiger charge is 2.35. The molecule has 2 N–H and O–H groups in total. The monoisotopic (exact) mass is 264 g/mol. The molecule has 0 saturated carbocycles. The van der Waals surface area contributed by atoms with Crippen molar-refractivity contribution in [3.05, 3.63) is 11.9 Å². The summed E-state index contributed by atoms with van der Waals surface area (Å²) in [6.45, 7) is 3.00. The number of nitrogens with zero attached hydrogens (tertiary/aromatic N) is 2. The number of aromatic nitrogens is 2. The molecule has 5 nitrogen and oxygen atoms in total. The predicted octanol–water partition coefficient (Wildman–Crippen LogP) is 1.99. The first-order chi connectivity index (χ1) is 8.47. The van der Waals surface area contributed by atoms with Crippen molar-refractivity contribution in [2.75, 3.05) is 37.4 Å². The first-order valence-corrected chi connectivity index (χ1v) is 5.40. The number of alkyl halides is 3. The number of hydrogen-bond acceptors (Lipinski definition) is 5. The molecule has 8 heteroatoms. The lowest BCUT2D eigenvalue weighted by Gasteiger charge is -2.11. The van der Waals surface area contributed by atoms with Crippen molar-refractivity contribution in [3.8, 4) is 0 Å². The fraction of sp³-hybridized carbons (Fsp3) is 0.600.